The van der Waals surface area contributed by atoms with E-state index in [4.69, 9.17) is 4.74 Å². The van der Waals surface area contributed by atoms with Crippen molar-refractivity contribution in [2.24, 2.45) is 5.92 Å². The van der Waals surface area contributed by atoms with Gasteiger partial charge in [0.05, 0.1) is 23.5 Å². The highest BCUT2D eigenvalue weighted by atomic mass is 19.1. The van der Waals surface area contributed by atoms with Gasteiger partial charge in [-0.15, -0.1) is 0 Å². The first-order valence-electron chi connectivity index (χ1n) is 13.8. The van der Waals surface area contributed by atoms with Gasteiger partial charge in [-0.2, -0.15) is 5.10 Å². The average molecular weight is 532 g/mol. The van der Waals surface area contributed by atoms with Crippen molar-refractivity contribution in [2.75, 3.05) is 13.1 Å². The summed E-state index contributed by atoms with van der Waals surface area (Å²) < 4.78 is 21.9. The van der Waals surface area contributed by atoms with Gasteiger partial charge in [0, 0.05) is 29.5 Å². The lowest BCUT2D eigenvalue weighted by molar-refractivity contribution is 0.0765. The number of aromatic nitrogens is 2. The summed E-state index contributed by atoms with van der Waals surface area (Å²) in [5, 5.41) is 5.67. The lowest BCUT2D eigenvalue weighted by atomic mass is 9.72. The molecule has 1 saturated heterocycles. The SMILES string of the molecule is Cc1cc2c(cnn2-c2ccc(F)cc2)cc1C12CC(Oc3ccccc3)CC1CN(C(=O)c1ccccc1)C2. The maximum atomic E-state index is 13.6. The number of para-hydroxylation sites is 1. The summed E-state index contributed by atoms with van der Waals surface area (Å²) in [5.74, 6) is 0.968. The monoisotopic (exact) mass is 531 g/mol. The number of carbonyl (C=O) groups excluding carboxylic acids is 1. The van der Waals surface area contributed by atoms with E-state index in [-0.39, 0.29) is 29.2 Å². The van der Waals surface area contributed by atoms with Crippen LogP contribution in [-0.4, -0.2) is 39.8 Å². The number of ether oxygens (including phenoxy) is 1. The largest absolute Gasteiger partial charge is 0.490 e. The number of aryl methyl sites for hydroxylation is 1. The Kier molecular flexibility index (Phi) is 5.92. The summed E-state index contributed by atoms with van der Waals surface area (Å²) in [6.07, 6.45) is 3.67. The van der Waals surface area contributed by atoms with E-state index in [2.05, 4.69) is 24.2 Å². The molecule has 5 nitrogen and oxygen atoms in total. The molecule has 0 spiro atoms. The van der Waals surface area contributed by atoms with Gasteiger partial charge in [-0.05, 0) is 97.5 Å². The molecule has 5 aromatic rings. The van der Waals surface area contributed by atoms with Gasteiger partial charge in [0.25, 0.3) is 5.91 Å². The minimum atomic E-state index is -0.270. The standard InChI is InChI=1S/C34H30FN3O2/c1-23-16-32-25(20-36-38(32)28-14-12-27(35)13-15-28)17-31(23)34-19-30(40-29-10-6-3-7-11-29)18-26(34)21-37(22-34)33(39)24-8-4-2-5-9-24/h2-17,20,26,30H,18-19,21-22H2,1H3. The third kappa shape index (κ3) is 4.15. The van der Waals surface area contributed by atoms with Crippen LogP contribution in [0, 0.1) is 18.7 Å². The van der Waals surface area contributed by atoms with E-state index in [0.29, 0.717) is 13.1 Å². The van der Waals surface area contributed by atoms with E-state index in [0.717, 1.165) is 46.3 Å². The number of amides is 1. The molecular weight excluding hydrogens is 501 g/mol. The van der Waals surface area contributed by atoms with Gasteiger partial charge in [0.2, 0.25) is 0 Å². The number of hydrogen-bond donors (Lipinski definition) is 0. The second kappa shape index (κ2) is 9.63. The van der Waals surface area contributed by atoms with Crippen molar-refractivity contribution < 1.29 is 13.9 Å². The van der Waals surface area contributed by atoms with Gasteiger partial charge in [-0.25, -0.2) is 9.07 Å². The molecule has 0 radical (unpaired) electrons. The summed E-state index contributed by atoms with van der Waals surface area (Å²) in [6.45, 7) is 3.50. The number of nitrogens with zero attached hydrogens (tertiary/aromatic N) is 3. The third-order valence-electron chi connectivity index (χ3n) is 8.71. The van der Waals surface area contributed by atoms with Crippen LogP contribution in [-0.2, 0) is 5.41 Å². The second-order valence-corrected chi connectivity index (χ2v) is 11.2. The summed E-state index contributed by atoms with van der Waals surface area (Å²) in [7, 11) is 0. The number of benzene rings is 4. The highest BCUT2D eigenvalue weighted by Gasteiger charge is 2.56. The Labute approximate surface area is 232 Å². The van der Waals surface area contributed by atoms with Gasteiger partial charge in [-0.1, -0.05) is 36.4 Å². The highest BCUT2D eigenvalue weighted by Crippen LogP contribution is 2.53. The number of likely N-dealkylation sites (tertiary alicyclic amines) is 1. The fourth-order valence-corrected chi connectivity index (χ4v) is 6.93. The van der Waals surface area contributed by atoms with Crippen molar-refractivity contribution in [2.45, 2.75) is 31.3 Å². The molecule has 3 atom stereocenters. The Morgan fingerprint density at radius 1 is 0.975 bits per heavy atom. The van der Waals surface area contributed by atoms with Crippen molar-refractivity contribution in [3.8, 4) is 11.4 Å². The van der Waals surface area contributed by atoms with Crippen LogP contribution in [0.5, 0.6) is 5.75 Å². The molecule has 3 unspecified atom stereocenters. The lowest BCUT2D eigenvalue weighted by Gasteiger charge is -2.32. The zero-order valence-corrected chi connectivity index (χ0v) is 22.3. The maximum Gasteiger partial charge on any atom is 0.253 e. The third-order valence-corrected chi connectivity index (χ3v) is 8.71. The van der Waals surface area contributed by atoms with E-state index in [1.54, 1.807) is 12.1 Å². The fourth-order valence-electron chi connectivity index (χ4n) is 6.93. The van der Waals surface area contributed by atoms with Crippen LogP contribution in [0.2, 0.25) is 0 Å². The van der Waals surface area contributed by atoms with Gasteiger partial charge < -0.3 is 9.64 Å². The van der Waals surface area contributed by atoms with Crippen molar-refractivity contribution >= 4 is 16.8 Å². The Morgan fingerprint density at radius 2 is 1.70 bits per heavy atom. The van der Waals surface area contributed by atoms with Gasteiger partial charge in [-0.3, -0.25) is 4.79 Å². The van der Waals surface area contributed by atoms with Crippen LogP contribution < -0.4 is 4.74 Å². The van der Waals surface area contributed by atoms with Crippen LogP contribution >= 0.6 is 0 Å². The topological polar surface area (TPSA) is 47.4 Å². The Hall–Kier alpha value is -4.45. The van der Waals surface area contributed by atoms with Crippen molar-refractivity contribution in [1.82, 2.24) is 14.7 Å². The Bertz CT molecular complexity index is 1680. The number of hydrogen-bond acceptors (Lipinski definition) is 3. The molecule has 200 valence electrons. The summed E-state index contributed by atoms with van der Waals surface area (Å²) in [6, 6.07) is 30.4. The molecule has 4 aromatic carbocycles. The minimum Gasteiger partial charge on any atom is -0.490 e. The smallest absolute Gasteiger partial charge is 0.253 e. The normalized spacial score (nSPS) is 22.0. The summed E-state index contributed by atoms with van der Waals surface area (Å²) >= 11 is 0. The van der Waals surface area contributed by atoms with E-state index in [1.165, 1.54) is 17.7 Å². The molecule has 1 aliphatic carbocycles. The molecule has 0 bridgehead atoms. The molecule has 7 rings (SSSR count). The van der Waals surface area contributed by atoms with E-state index in [1.807, 2.05) is 76.4 Å². The lowest BCUT2D eigenvalue weighted by Crippen LogP contribution is -2.36. The Balaban J connectivity index is 1.27. The van der Waals surface area contributed by atoms with Crippen molar-refractivity contribution in [3.63, 3.8) is 0 Å². The predicted molar refractivity (Wildman–Crippen MR) is 153 cm³/mol. The predicted octanol–water partition coefficient (Wildman–Crippen LogP) is 6.72. The molecule has 6 heteroatoms. The maximum absolute atomic E-state index is 13.6. The minimum absolute atomic E-state index is 0.0680. The van der Waals surface area contributed by atoms with Crippen LogP contribution in [0.1, 0.15) is 34.3 Å². The zero-order chi connectivity index (χ0) is 27.3. The van der Waals surface area contributed by atoms with Crippen LogP contribution in [0.3, 0.4) is 0 Å². The molecule has 1 aromatic heterocycles. The van der Waals surface area contributed by atoms with Crippen LogP contribution in [0.4, 0.5) is 4.39 Å². The quantitative estimate of drug-likeness (QED) is 0.253. The van der Waals surface area contributed by atoms with Crippen molar-refractivity contribution in [1.29, 1.82) is 0 Å². The number of fused-ring (bicyclic) bond motifs is 2. The number of halogens is 1. The van der Waals surface area contributed by atoms with Crippen LogP contribution in [0.15, 0.2) is 103 Å². The summed E-state index contributed by atoms with van der Waals surface area (Å²) in [5.41, 5.74) is 4.72. The van der Waals surface area contributed by atoms with Gasteiger partial charge >= 0.3 is 0 Å². The molecule has 0 N–H and O–H groups in total. The average Bonchev–Trinajstić information content (AvgIpc) is 3.64. The first-order chi connectivity index (χ1) is 19.5. The molecule has 1 amide bonds. The highest BCUT2D eigenvalue weighted by molar-refractivity contribution is 5.94. The number of carbonyl (C=O) groups is 1. The Morgan fingerprint density at radius 3 is 2.45 bits per heavy atom. The first kappa shape index (κ1) is 24.6. The molecule has 2 aliphatic rings. The van der Waals surface area contributed by atoms with Gasteiger partial charge in [0.1, 0.15) is 11.6 Å². The van der Waals surface area contributed by atoms with Gasteiger partial charge in [0.15, 0.2) is 0 Å². The molecule has 1 aliphatic heterocycles. The first-order valence-corrected chi connectivity index (χ1v) is 13.8. The second-order valence-electron chi connectivity index (χ2n) is 11.2. The van der Waals surface area contributed by atoms with Crippen molar-refractivity contribution in [3.05, 3.63) is 126 Å². The van der Waals surface area contributed by atoms with E-state index >= 15 is 0 Å². The fraction of sp³-hybridized carbons (Fsp3) is 0.235. The van der Waals surface area contributed by atoms with E-state index < -0.39 is 0 Å². The molecular formula is C34H30FN3O2. The van der Waals surface area contributed by atoms with Crippen LogP contribution in [0.25, 0.3) is 16.6 Å². The molecule has 2 fully saturated rings. The molecule has 2 heterocycles. The van der Waals surface area contributed by atoms with E-state index in [9.17, 15) is 9.18 Å². The zero-order valence-electron chi connectivity index (χ0n) is 22.3. The number of rotatable bonds is 5. The summed E-state index contributed by atoms with van der Waals surface area (Å²) in [4.78, 5) is 15.6. The molecule has 1 saturated carbocycles. The molecule has 40 heavy (non-hydrogen) atoms.